The summed E-state index contributed by atoms with van der Waals surface area (Å²) in [5, 5.41) is 3.06. The lowest BCUT2D eigenvalue weighted by molar-refractivity contribution is -0.159. The highest BCUT2D eigenvalue weighted by molar-refractivity contribution is 7.09. The Bertz CT molecular complexity index is 557. The van der Waals surface area contributed by atoms with Gasteiger partial charge in [-0.1, -0.05) is 6.92 Å². The molecular formula is C15H21N3O2S. The molecule has 2 atom stereocenters. The van der Waals surface area contributed by atoms with Crippen LogP contribution < -0.4 is 0 Å². The van der Waals surface area contributed by atoms with Crippen molar-refractivity contribution in [2.24, 2.45) is 0 Å². The summed E-state index contributed by atoms with van der Waals surface area (Å²) in [4.78, 5) is 33.2. The summed E-state index contributed by atoms with van der Waals surface area (Å²) in [5.74, 6) is 0.266. The number of hydrogen-bond acceptors (Lipinski definition) is 4. The number of hydrogen-bond donors (Lipinski definition) is 0. The minimum Gasteiger partial charge on any atom is -0.329 e. The van der Waals surface area contributed by atoms with E-state index in [2.05, 4.69) is 4.98 Å². The van der Waals surface area contributed by atoms with Gasteiger partial charge in [-0.25, -0.2) is 4.98 Å². The third-order valence-corrected chi connectivity index (χ3v) is 5.41. The molecule has 2 fully saturated rings. The number of fused-ring (bicyclic) bond motifs is 1. The van der Waals surface area contributed by atoms with Crippen molar-refractivity contribution < 1.29 is 9.59 Å². The van der Waals surface area contributed by atoms with Crippen molar-refractivity contribution in [1.82, 2.24) is 14.8 Å². The number of carbonyl (C=O) groups excluding carboxylic acids is 2. The van der Waals surface area contributed by atoms with E-state index in [-0.39, 0.29) is 23.9 Å². The van der Waals surface area contributed by atoms with Gasteiger partial charge in [0.2, 0.25) is 11.8 Å². The maximum atomic E-state index is 12.7. The Morgan fingerprint density at radius 2 is 2.19 bits per heavy atom. The van der Waals surface area contributed by atoms with Crippen molar-refractivity contribution in [3.63, 3.8) is 0 Å². The van der Waals surface area contributed by atoms with Crippen molar-refractivity contribution in [2.75, 3.05) is 13.1 Å². The first kappa shape index (κ1) is 14.5. The Morgan fingerprint density at radius 3 is 2.86 bits per heavy atom. The van der Waals surface area contributed by atoms with Crippen molar-refractivity contribution in [2.45, 2.75) is 51.6 Å². The lowest BCUT2D eigenvalue weighted by Gasteiger charge is -2.42. The van der Waals surface area contributed by atoms with Gasteiger partial charge in [-0.3, -0.25) is 9.59 Å². The monoisotopic (exact) mass is 307 g/mol. The Kier molecular flexibility index (Phi) is 3.97. The number of amides is 2. The van der Waals surface area contributed by atoms with Gasteiger partial charge < -0.3 is 9.80 Å². The number of piperazine rings is 1. The van der Waals surface area contributed by atoms with E-state index >= 15 is 0 Å². The molecule has 1 aromatic rings. The molecule has 0 spiro atoms. The first-order chi connectivity index (χ1) is 10.1. The summed E-state index contributed by atoms with van der Waals surface area (Å²) in [5.41, 5.74) is 1.02. The maximum Gasteiger partial charge on any atom is 0.246 e. The van der Waals surface area contributed by atoms with Crippen molar-refractivity contribution in [3.8, 4) is 0 Å². The van der Waals surface area contributed by atoms with Gasteiger partial charge in [0.05, 0.1) is 5.01 Å². The molecule has 0 aromatic carbocycles. The highest BCUT2D eigenvalue weighted by atomic mass is 32.1. The number of aromatic nitrogens is 1. The van der Waals surface area contributed by atoms with Gasteiger partial charge in [-0.15, -0.1) is 11.3 Å². The van der Waals surface area contributed by atoms with Crippen LogP contribution in [0.25, 0.3) is 0 Å². The topological polar surface area (TPSA) is 53.5 Å². The molecule has 0 N–H and O–H groups in total. The molecular weight excluding hydrogens is 286 g/mol. The lowest BCUT2D eigenvalue weighted by Crippen LogP contribution is -2.62. The summed E-state index contributed by atoms with van der Waals surface area (Å²) in [6.07, 6.45) is 3.18. The van der Waals surface area contributed by atoms with Crippen LogP contribution in [0.1, 0.15) is 36.9 Å². The molecule has 114 valence electrons. The molecule has 2 aliphatic rings. The van der Waals surface area contributed by atoms with E-state index in [4.69, 9.17) is 0 Å². The average Bonchev–Trinajstić information content (AvgIpc) is 3.10. The van der Waals surface area contributed by atoms with Gasteiger partial charge in [0.25, 0.3) is 0 Å². The zero-order chi connectivity index (χ0) is 15.0. The smallest absolute Gasteiger partial charge is 0.246 e. The van der Waals surface area contributed by atoms with Crippen molar-refractivity contribution in [1.29, 1.82) is 0 Å². The molecule has 0 radical (unpaired) electrons. The van der Waals surface area contributed by atoms with E-state index in [0.717, 1.165) is 36.5 Å². The van der Waals surface area contributed by atoms with Crippen LogP contribution in [0.2, 0.25) is 0 Å². The largest absolute Gasteiger partial charge is 0.329 e. The van der Waals surface area contributed by atoms with E-state index < -0.39 is 0 Å². The fraction of sp³-hybridized carbons (Fsp3) is 0.667. The number of nitrogens with zero attached hydrogens (tertiary/aromatic N) is 3. The SMILES string of the molecule is CCC1C(=O)N2CCCC2C(=O)N1CCc1nc(C)cs1. The standard InChI is InChI=1S/C15H21N3O2S/c1-3-11-14(19)17-7-4-5-12(17)15(20)18(11)8-6-13-16-10(2)9-21-13/h9,11-12H,3-8H2,1-2H3. The Morgan fingerprint density at radius 1 is 1.38 bits per heavy atom. The van der Waals surface area contributed by atoms with Crippen LogP contribution in [0, 0.1) is 6.92 Å². The zero-order valence-electron chi connectivity index (χ0n) is 12.5. The highest BCUT2D eigenvalue weighted by Crippen LogP contribution is 2.28. The quantitative estimate of drug-likeness (QED) is 0.849. The minimum absolute atomic E-state index is 0.132. The fourth-order valence-electron chi connectivity index (χ4n) is 3.35. The maximum absolute atomic E-state index is 12.7. The second-order valence-electron chi connectivity index (χ2n) is 5.78. The number of rotatable bonds is 4. The summed E-state index contributed by atoms with van der Waals surface area (Å²) in [7, 11) is 0. The van der Waals surface area contributed by atoms with Gasteiger partial charge in [-0.05, 0) is 26.2 Å². The second kappa shape index (κ2) is 5.75. The van der Waals surface area contributed by atoms with Crippen LogP contribution >= 0.6 is 11.3 Å². The molecule has 2 unspecified atom stereocenters. The molecule has 0 bridgehead atoms. The molecule has 1 aromatic heterocycles. The first-order valence-electron chi connectivity index (χ1n) is 7.63. The molecule has 2 aliphatic heterocycles. The van der Waals surface area contributed by atoms with Crippen molar-refractivity contribution >= 4 is 23.2 Å². The van der Waals surface area contributed by atoms with Crippen molar-refractivity contribution in [3.05, 3.63) is 16.1 Å². The van der Waals surface area contributed by atoms with E-state index in [1.165, 1.54) is 0 Å². The lowest BCUT2D eigenvalue weighted by atomic mass is 10.0. The summed E-state index contributed by atoms with van der Waals surface area (Å²) in [6.45, 7) is 5.29. The van der Waals surface area contributed by atoms with E-state index in [0.29, 0.717) is 13.0 Å². The number of thiazole rings is 1. The molecule has 3 rings (SSSR count). The number of carbonyl (C=O) groups is 2. The minimum atomic E-state index is -0.284. The van der Waals surface area contributed by atoms with E-state index in [9.17, 15) is 9.59 Å². The molecule has 6 heteroatoms. The molecule has 5 nitrogen and oxygen atoms in total. The Labute approximate surface area is 129 Å². The Balaban J connectivity index is 1.75. The predicted molar refractivity (Wildman–Crippen MR) is 81.1 cm³/mol. The zero-order valence-corrected chi connectivity index (χ0v) is 13.4. The summed E-state index contributed by atoms with van der Waals surface area (Å²) < 4.78 is 0. The van der Waals surface area contributed by atoms with E-state index in [1.54, 1.807) is 21.1 Å². The fourth-order valence-corrected chi connectivity index (χ4v) is 4.12. The molecule has 2 saturated heterocycles. The molecule has 0 saturated carbocycles. The first-order valence-corrected chi connectivity index (χ1v) is 8.51. The van der Waals surface area contributed by atoms with Crippen LogP contribution in [0.15, 0.2) is 5.38 Å². The van der Waals surface area contributed by atoms with Crippen LogP contribution in [0.3, 0.4) is 0 Å². The third-order valence-electron chi connectivity index (χ3n) is 4.39. The number of aryl methyl sites for hydroxylation is 1. The van der Waals surface area contributed by atoms with Gasteiger partial charge in [-0.2, -0.15) is 0 Å². The van der Waals surface area contributed by atoms with Crippen LogP contribution in [0.4, 0.5) is 0 Å². The van der Waals surface area contributed by atoms with Gasteiger partial charge >= 0.3 is 0 Å². The second-order valence-corrected chi connectivity index (χ2v) is 6.72. The summed E-state index contributed by atoms with van der Waals surface area (Å²) in [6, 6.07) is -0.494. The summed E-state index contributed by atoms with van der Waals surface area (Å²) >= 11 is 1.62. The van der Waals surface area contributed by atoms with Crippen LogP contribution in [-0.2, 0) is 16.0 Å². The van der Waals surface area contributed by atoms with Crippen LogP contribution in [-0.4, -0.2) is 51.8 Å². The molecule has 0 aliphatic carbocycles. The average molecular weight is 307 g/mol. The Hall–Kier alpha value is -1.43. The molecule has 21 heavy (non-hydrogen) atoms. The van der Waals surface area contributed by atoms with Crippen LogP contribution in [0.5, 0.6) is 0 Å². The predicted octanol–water partition coefficient (Wildman–Crippen LogP) is 1.61. The normalized spacial score (nSPS) is 25.6. The van der Waals surface area contributed by atoms with Gasteiger partial charge in [0.15, 0.2) is 0 Å². The third kappa shape index (κ3) is 2.57. The van der Waals surface area contributed by atoms with Gasteiger partial charge in [0, 0.05) is 30.6 Å². The molecule has 3 heterocycles. The molecule has 2 amide bonds. The van der Waals surface area contributed by atoms with E-state index in [1.807, 2.05) is 19.2 Å². The van der Waals surface area contributed by atoms with Gasteiger partial charge in [0.1, 0.15) is 12.1 Å². The highest BCUT2D eigenvalue weighted by Gasteiger charge is 2.46.